The largest absolute Gasteiger partial charge is 0.482 e. The summed E-state index contributed by atoms with van der Waals surface area (Å²) in [7, 11) is 0. The number of para-hydroxylation sites is 1. The van der Waals surface area contributed by atoms with Gasteiger partial charge in [-0.1, -0.05) is 18.2 Å². The quantitative estimate of drug-likeness (QED) is 0.816. The van der Waals surface area contributed by atoms with Crippen LogP contribution in [0.2, 0.25) is 0 Å². The van der Waals surface area contributed by atoms with Gasteiger partial charge in [0.2, 0.25) is 0 Å². The van der Waals surface area contributed by atoms with E-state index in [-0.39, 0.29) is 12.7 Å². The first-order valence-electron chi connectivity index (χ1n) is 4.05. The Bertz CT molecular complexity index is 347. The first-order chi connectivity index (χ1) is 6.31. The molecule has 1 aromatic carbocycles. The summed E-state index contributed by atoms with van der Waals surface area (Å²) in [5.74, 6) is 0.809. The molecule has 0 bridgehead atoms. The van der Waals surface area contributed by atoms with Gasteiger partial charge in [-0.3, -0.25) is 0 Å². The maximum Gasteiger partial charge on any atom is 0.141 e. The lowest BCUT2D eigenvalue weighted by molar-refractivity contribution is 0.147. The highest BCUT2D eigenvalue weighted by atomic mass is 79.9. The van der Waals surface area contributed by atoms with Crippen molar-refractivity contribution in [3.05, 3.63) is 34.3 Å². The van der Waals surface area contributed by atoms with Gasteiger partial charge in [-0.25, -0.2) is 0 Å². The van der Waals surface area contributed by atoms with Crippen molar-refractivity contribution in [1.29, 1.82) is 0 Å². The number of benzene rings is 1. The molecule has 1 heterocycles. The van der Waals surface area contributed by atoms with E-state index in [0.29, 0.717) is 0 Å². The summed E-state index contributed by atoms with van der Waals surface area (Å²) in [6.07, 6.45) is 3.60. The fraction of sp³-hybridized carbons (Fsp3) is 0.200. The van der Waals surface area contributed by atoms with E-state index >= 15 is 0 Å². The molecule has 2 nitrogen and oxygen atoms in total. The second-order valence-electron chi connectivity index (χ2n) is 2.86. The predicted octanol–water partition coefficient (Wildman–Crippen LogP) is 2.22. The Balaban J connectivity index is 2.41. The molecule has 3 heteroatoms. The van der Waals surface area contributed by atoms with Crippen molar-refractivity contribution >= 4 is 22.0 Å². The molecule has 1 aliphatic rings. The van der Waals surface area contributed by atoms with Crippen LogP contribution in [-0.2, 0) is 0 Å². The number of aliphatic hydroxyl groups is 1. The molecule has 0 radical (unpaired) electrons. The van der Waals surface area contributed by atoms with Crippen LogP contribution >= 0.6 is 15.9 Å². The minimum absolute atomic E-state index is 0.0112. The lowest BCUT2D eigenvalue weighted by Crippen LogP contribution is -2.20. The van der Waals surface area contributed by atoms with Crippen LogP contribution in [0.1, 0.15) is 5.56 Å². The van der Waals surface area contributed by atoms with Crippen molar-refractivity contribution in [3.8, 4) is 5.75 Å². The van der Waals surface area contributed by atoms with Crippen molar-refractivity contribution in [2.45, 2.75) is 6.10 Å². The summed E-state index contributed by atoms with van der Waals surface area (Å²) in [5, 5.41) is 8.92. The van der Waals surface area contributed by atoms with Gasteiger partial charge in [0, 0.05) is 5.56 Å². The van der Waals surface area contributed by atoms with Gasteiger partial charge >= 0.3 is 0 Å². The standard InChI is InChI=1S/C10H9BrO2/c11-9-3-1-2-7-4-5-8(6-12)13-10(7)9/h1-5,8,12H,6H2/t8-/m1/s1. The van der Waals surface area contributed by atoms with Crippen LogP contribution in [0.15, 0.2) is 28.7 Å². The van der Waals surface area contributed by atoms with Crippen molar-refractivity contribution < 1.29 is 9.84 Å². The van der Waals surface area contributed by atoms with Crippen molar-refractivity contribution in [3.63, 3.8) is 0 Å². The summed E-state index contributed by atoms with van der Waals surface area (Å²) >= 11 is 3.40. The molecule has 13 heavy (non-hydrogen) atoms. The highest BCUT2D eigenvalue weighted by molar-refractivity contribution is 9.10. The Morgan fingerprint density at radius 1 is 1.46 bits per heavy atom. The van der Waals surface area contributed by atoms with E-state index in [2.05, 4.69) is 15.9 Å². The third kappa shape index (κ3) is 1.62. The zero-order valence-corrected chi connectivity index (χ0v) is 8.49. The van der Waals surface area contributed by atoms with Crippen LogP contribution < -0.4 is 4.74 Å². The number of ether oxygens (including phenoxy) is 1. The summed E-state index contributed by atoms with van der Waals surface area (Å²) in [6.45, 7) is 0.0112. The lowest BCUT2D eigenvalue weighted by atomic mass is 10.1. The minimum atomic E-state index is -0.216. The number of hydrogen-bond acceptors (Lipinski definition) is 2. The molecule has 0 saturated carbocycles. The molecule has 1 N–H and O–H groups in total. The Morgan fingerprint density at radius 2 is 2.31 bits per heavy atom. The zero-order chi connectivity index (χ0) is 9.26. The summed E-state index contributed by atoms with van der Waals surface area (Å²) < 4.78 is 6.45. The first-order valence-corrected chi connectivity index (χ1v) is 4.85. The van der Waals surface area contributed by atoms with Gasteiger partial charge in [-0.2, -0.15) is 0 Å². The Labute approximate surface area is 85.0 Å². The molecule has 0 saturated heterocycles. The third-order valence-electron chi connectivity index (χ3n) is 1.94. The van der Waals surface area contributed by atoms with E-state index in [1.165, 1.54) is 0 Å². The third-order valence-corrected chi connectivity index (χ3v) is 2.56. The van der Waals surface area contributed by atoms with E-state index < -0.39 is 0 Å². The van der Waals surface area contributed by atoms with Crippen LogP contribution in [0.5, 0.6) is 5.75 Å². The van der Waals surface area contributed by atoms with Crippen LogP contribution in [0.25, 0.3) is 6.08 Å². The molecule has 0 aromatic heterocycles. The summed E-state index contributed by atoms with van der Waals surface area (Å²) in [4.78, 5) is 0. The molecule has 2 rings (SSSR count). The van der Waals surface area contributed by atoms with E-state index in [4.69, 9.17) is 9.84 Å². The second kappa shape index (κ2) is 3.52. The number of aliphatic hydroxyl groups excluding tert-OH is 1. The molecular formula is C10H9BrO2. The molecule has 68 valence electrons. The van der Waals surface area contributed by atoms with Crippen LogP contribution in [0, 0.1) is 0 Å². The maximum absolute atomic E-state index is 8.92. The molecule has 0 amide bonds. The van der Waals surface area contributed by atoms with Gasteiger partial charge < -0.3 is 9.84 Å². The zero-order valence-electron chi connectivity index (χ0n) is 6.90. The lowest BCUT2D eigenvalue weighted by Gasteiger charge is -2.20. The predicted molar refractivity (Wildman–Crippen MR) is 54.7 cm³/mol. The molecule has 0 fully saturated rings. The molecule has 0 unspecified atom stereocenters. The van der Waals surface area contributed by atoms with E-state index in [0.717, 1.165) is 15.8 Å². The monoisotopic (exact) mass is 240 g/mol. The van der Waals surface area contributed by atoms with Gasteiger partial charge in [0.15, 0.2) is 0 Å². The van der Waals surface area contributed by atoms with E-state index in [1.807, 2.05) is 30.4 Å². The second-order valence-corrected chi connectivity index (χ2v) is 3.71. The number of hydrogen-bond donors (Lipinski definition) is 1. The normalized spacial score (nSPS) is 19.4. The summed E-state index contributed by atoms with van der Waals surface area (Å²) in [6, 6.07) is 5.85. The number of halogens is 1. The van der Waals surface area contributed by atoms with Gasteiger partial charge in [0.1, 0.15) is 11.9 Å². The van der Waals surface area contributed by atoms with Crippen molar-refractivity contribution in [2.24, 2.45) is 0 Å². The Hall–Kier alpha value is -0.800. The average Bonchev–Trinajstić information content (AvgIpc) is 2.18. The number of fused-ring (bicyclic) bond motifs is 1. The molecular weight excluding hydrogens is 232 g/mol. The minimum Gasteiger partial charge on any atom is -0.482 e. The highest BCUT2D eigenvalue weighted by Gasteiger charge is 2.15. The van der Waals surface area contributed by atoms with Crippen LogP contribution in [-0.4, -0.2) is 17.8 Å². The fourth-order valence-electron chi connectivity index (χ4n) is 1.28. The Kier molecular flexibility index (Phi) is 2.38. The first kappa shape index (κ1) is 8.78. The fourth-order valence-corrected chi connectivity index (χ4v) is 1.76. The van der Waals surface area contributed by atoms with Crippen molar-refractivity contribution in [1.82, 2.24) is 0 Å². The smallest absolute Gasteiger partial charge is 0.141 e. The maximum atomic E-state index is 8.92. The molecule has 0 aliphatic carbocycles. The van der Waals surface area contributed by atoms with Gasteiger partial charge in [0.25, 0.3) is 0 Å². The summed E-state index contributed by atoms with van der Waals surface area (Å²) in [5.41, 5.74) is 1.04. The Morgan fingerprint density at radius 3 is 3.08 bits per heavy atom. The van der Waals surface area contributed by atoms with E-state index in [1.54, 1.807) is 0 Å². The molecule has 1 aromatic rings. The van der Waals surface area contributed by atoms with Gasteiger partial charge in [-0.05, 0) is 28.1 Å². The molecule has 1 atom stereocenters. The van der Waals surface area contributed by atoms with Crippen molar-refractivity contribution in [2.75, 3.05) is 6.61 Å². The SMILES string of the molecule is OC[C@H]1C=Cc2cccc(Br)c2O1. The topological polar surface area (TPSA) is 29.5 Å². The highest BCUT2D eigenvalue weighted by Crippen LogP contribution is 2.33. The van der Waals surface area contributed by atoms with Gasteiger partial charge in [-0.15, -0.1) is 0 Å². The average molecular weight is 241 g/mol. The van der Waals surface area contributed by atoms with Crippen LogP contribution in [0.3, 0.4) is 0 Å². The van der Waals surface area contributed by atoms with E-state index in [9.17, 15) is 0 Å². The number of rotatable bonds is 1. The molecule has 1 aliphatic heterocycles. The van der Waals surface area contributed by atoms with Gasteiger partial charge in [0.05, 0.1) is 11.1 Å². The molecule has 0 spiro atoms. The van der Waals surface area contributed by atoms with Crippen LogP contribution in [0.4, 0.5) is 0 Å².